The van der Waals surface area contributed by atoms with Gasteiger partial charge in [-0.1, -0.05) is 132 Å². The van der Waals surface area contributed by atoms with Gasteiger partial charge in [0, 0.05) is 13.0 Å². The molecule has 0 saturated carbocycles. The van der Waals surface area contributed by atoms with E-state index in [9.17, 15) is 14.3 Å². The average molecular weight is 764 g/mol. The Kier molecular flexibility index (Phi) is 35.5. The number of allylic oxidation sites excluding steroid dienone is 12. The molecule has 0 rings (SSSR count). The molecule has 0 N–H and O–H groups in total. The molecule has 9 heteroatoms. The van der Waals surface area contributed by atoms with E-state index in [-0.39, 0.29) is 32.2 Å². The van der Waals surface area contributed by atoms with Crippen molar-refractivity contribution in [2.75, 3.05) is 54.1 Å². The van der Waals surface area contributed by atoms with Crippen LogP contribution in [0.25, 0.3) is 0 Å². The van der Waals surface area contributed by atoms with Crippen LogP contribution in [0.3, 0.4) is 0 Å². The number of likely N-dealkylation sites (N-methyl/N-ethyl adjacent to an activating group) is 1. The summed E-state index contributed by atoms with van der Waals surface area (Å²) in [5, 5.41) is 0. The number of esters is 1. The largest absolute Gasteiger partial charge is 0.756 e. The lowest BCUT2D eigenvalue weighted by Crippen LogP contribution is -2.37. The zero-order valence-electron chi connectivity index (χ0n) is 34.4. The molecule has 2 atom stereocenters. The monoisotopic (exact) mass is 764 g/mol. The van der Waals surface area contributed by atoms with Crippen LogP contribution in [0, 0.1) is 0 Å². The summed E-state index contributed by atoms with van der Waals surface area (Å²) in [4.78, 5) is 25.0. The maximum Gasteiger partial charge on any atom is 0.306 e. The number of carbonyl (C=O) groups excluding carboxylic acids is 1. The van der Waals surface area contributed by atoms with Crippen LogP contribution in [-0.4, -0.2) is 70.7 Å². The van der Waals surface area contributed by atoms with E-state index in [0.29, 0.717) is 17.6 Å². The molecular formula is C44H78NO7P. The van der Waals surface area contributed by atoms with Crippen LogP contribution in [0.4, 0.5) is 0 Å². The van der Waals surface area contributed by atoms with Crippen molar-refractivity contribution in [3.8, 4) is 0 Å². The molecule has 2 unspecified atom stereocenters. The summed E-state index contributed by atoms with van der Waals surface area (Å²) >= 11 is 0. The summed E-state index contributed by atoms with van der Waals surface area (Å²) in [5.74, 6) is -0.365. The second-order valence-corrected chi connectivity index (χ2v) is 16.0. The highest BCUT2D eigenvalue weighted by Gasteiger charge is 2.20. The fraction of sp³-hybridized carbons (Fsp3) is 0.705. The quantitative estimate of drug-likeness (QED) is 0.0204. The molecule has 0 fully saturated rings. The number of phosphoric ester groups is 1. The number of ether oxygens (including phenoxy) is 2. The molecule has 0 spiro atoms. The topological polar surface area (TPSA) is 94.1 Å². The van der Waals surface area contributed by atoms with Gasteiger partial charge in [0.25, 0.3) is 7.82 Å². The summed E-state index contributed by atoms with van der Waals surface area (Å²) < 4.78 is 34.5. The summed E-state index contributed by atoms with van der Waals surface area (Å²) in [6.07, 6.45) is 46.2. The van der Waals surface area contributed by atoms with Crippen LogP contribution in [-0.2, 0) is 27.9 Å². The van der Waals surface area contributed by atoms with Gasteiger partial charge in [-0.25, -0.2) is 0 Å². The van der Waals surface area contributed by atoms with Crippen LogP contribution in [0.1, 0.15) is 142 Å². The van der Waals surface area contributed by atoms with E-state index in [0.717, 1.165) is 96.3 Å². The van der Waals surface area contributed by atoms with E-state index in [1.54, 1.807) is 0 Å². The minimum atomic E-state index is -4.54. The van der Waals surface area contributed by atoms with Crippen LogP contribution in [0.5, 0.6) is 0 Å². The third-order valence-electron chi connectivity index (χ3n) is 8.22. The number of nitrogens with zero attached hydrogens (tertiary/aromatic N) is 1. The fourth-order valence-electron chi connectivity index (χ4n) is 5.04. The number of rotatable bonds is 37. The maximum atomic E-state index is 12.6. The molecule has 0 aliphatic heterocycles. The second kappa shape index (κ2) is 36.9. The first-order chi connectivity index (χ1) is 25.6. The Morgan fingerprint density at radius 2 is 1.09 bits per heavy atom. The Labute approximate surface area is 325 Å². The Bertz CT molecular complexity index is 1070. The molecule has 0 bridgehead atoms. The second-order valence-electron chi connectivity index (χ2n) is 14.6. The van der Waals surface area contributed by atoms with E-state index in [1.165, 1.54) is 25.7 Å². The number of quaternary nitrogens is 1. The lowest BCUT2D eigenvalue weighted by Gasteiger charge is -2.28. The summed E-state index contributed by atoms with van der Waals surface area (Å²) in [5.41, 5.74) is 0. The molecule has 0 aromatic carbocycles. The molecule has 53 heavy (non-hydrogen) atoms. The van der Waals surface area contributed by atoms with Crippen LogP contribution in [0.2, 0.25) is 0 Å². The van der Waals surface area contributed by atoms with Gasteiger partial charge in [-0.2, -0.15) is 0 Å². The van der Waals surface area contributed by atoms with Crippen molar-refractivity contribution < 1.29 is 37.3 Å². The third kappa shape index (κ3) is 41.0. The van der Waals surface area contributed by atoms with Crippen molar-refractivity contribution in [2.24, 2.45) is 0 Å². The van der Waals surface area contributed by atoms with E-state index in [1.807, 2.05) is 21.1 Å². The van der Waals surface area contributed by atoms with Crippen molar-refractivity contribution in [1.82, 2.24) is 0 Å². The van der Waals surface area contributed by atoms with Gasteiger partial charge in [0.1, 0.15) is 19.3 Å². The normalized spacial score (nSPS) is 14.6. The molecule has 0 aliphatic rings. The van der Waals surface area contributed by atoms with Crippen molar-refractivity contribution in [3.63, 3.8) is 0 Å². The molecule has 0 amide bonds. The summed E-state index contributed by atoms with van der Waals surface area (Å²) in [6.45, 7) is 5.15. The lowest BCUT2D eigenvalue weighted by molar-refractivity contribution is -0.870. The van der Waals surface area contributed by atoms with Gasteiger partial charge >= 0.3 is 5.97 Å². The van der Waals surface area contributed by atoms with Gasteiger partial charge in [-0.05, 0) is 77.0 Å². The Balaban J connectivity index is 4.35. The molecule has 0 heterocycles. The first kappa shape index (κ1) is 50.9. The van der Waals surface area contributed by atoms with Crippen LogP contribution in [0.15, 0.2) is 72.9 Å². The molecule has 0 aromatic heterocycles. The molecule has 0 saturated heterocycles. The van der Waals surface area contributed by atoms with E-state index < -0.39 is 13.9 Å². The number of carbonyl (C=O) groups is 1. The minimum Gasteiger partial charge on any atom is -0.756 e. The van der Waals surface area contributed by atoms with Crippen molar-refractivity contribution >= 4 is 13.8 Å². The molecule has 8 nitrogen and oxygen atoms in total. The number of unbranched alkanes of at least 4 members (excludes halogenated alkanes) is 11. The van der Waals surface area contributed by atoms with E-state index >= 15 is 0 Å². The molecule has 0 aromatic rings. The molecule has 0 aliphatic carbocycles. The zero-order valence-corrected chi connectivity index (χ0v) is 35.3. The van der Waals surface area contributed by atoms with Gasteiger partial charge in [-0.15, -0.1) is 0 Å². The third-order valence-corrected chi connectivity index (χ3v) is 9.19. The Morgan fingerprint density at radius 1 is 0.604 bits per heavy atom. The Morgan fingerprint density at radius 3 is 1.64 bits per heavy atom. The van der Waals surface area contributed by atoms with Crippen molar-refractivity contribution in [1.29, 1.82) is 0 Å². The number of hydrogen-bond donors (Lipinski definition) is 0. The standard InChI is InChI=1S/C44H78NO7P/c1-6-8-10-12-14-16-18-20-22-23-24-25-27-29-31-33-35-37-44(46)52-43(42-51-53(47,48)50-40-38-45(3,4)5)41-49-39-36-34-32-30-28-26-21-19-17-15-13-11-9-7-2/h8,10-11,13-14,16-17,19-20,22,24-25,43H,6-7,9,12,15,18,21,23,26-42H2,1-5H3/b10-8-,13-11-,16-14-,19-17-,22-20-,25-24-. The minimum absolute atomic E-state index is 0.0148. The average Bonchev–Trinajstić information content (AvgIpc) is 3.11. The fourth-order valence-corrected chi connectivity index (χ4v) is 5.77. The van der Waals surface area contributed by atoms with Gasteiger partial charge in [-0.3, -0.25) is 9.36 Å². The predicted molar refractivity (Wildman–Crippen MR) is 222 cm³/mol. The van der Waals surface area contributed by atoms with Gasteiger partial charge in [0.15, 0.2) is 0 Å². The van der Waals surface area contributed by atoms with Crippen LogP contribution < -0.4 is 4.89 Å². The van der Waals surface area contributed by atoms with E-state index in [4.69, 9.17) is 18.5 Å². The SMILES string of the molecule is CC/C=C\C/C=C\C/C=C\C/C=C\CCCCCCC(=O)OC(COCCCCCCCC/C=C\C/C=C\CCC)COP(=O)([O-])OCC[N+](C)(C)C. The molecular weight excluding hydrogens is 685 g/mol. The molecule has 306 valence electrons. The molecule has 0 radical (unpaired) electrons. The van der Waals surface area contributed by atoms with E-state index in [2.05, 4.69) is 86.8 Å². The first-order valence-corrected chi connectivity index (χ1v) is 22.1. The highest BCUT2D eigenvalue weighted by Crippen LogP contribution is 2.38. The predicted octanol–water partition coefficient (Wildman–Crippen LogP) is 11.3. The van der Waals surface area contributed by atoms with Crippen molar-refractivity contribution in [3.05, 3.63) is 72.9 Å². The summed E-state index contributed by atoms with van der Waals surface area (Å²) in [6, 6.07) is 0. The Hall–Kier alpha value is -2.06. The van der Waals surface area contributed by atoms with Crippen molar-refractivity contribution in [2.45, 2.75) is 148 Å². The van der Waals surface area contributed by atoms with Crippen LogP contribution >= 0.6 is 7.82 Å². The smallest absolute Gasteiger partial charge is 0.306 e. The highest BCUT2D eigenvalue weighted by atomic mass is 31.2. The number of phosphoric acid groups is 1. The first-order valence-electron chi connectivity index (χ1n) is 20.7. The van der Waals surface area contributed by atoms with Gasteiger partial charge in [0.05, 0.1) is 34.4 Å². The highest BCUT2D eigenvalue weighted by molar-refractivity contribution is 7.45. The lowest BCUT2D eigenvalue weighted by atomic mass is 10.1. The summed E-state index contributed by atoms with van der Waals surface area (Å²) in [7, 11) is 1.32. The maximum absolute atomic E-state index is 12.6. The number of hydrogen-bond acceptors (Lipinski definition) is 7. The zero-order chi connectivity index (χ0) is 39.1. The van der Waals surface area contributed by atoms with Gasteiger partial charge < -0.3 is 27.9 Å². The van der Waals surface area contributed by atoms with Gasteiger partial charge in [0.2, 0.25) is 0 Å².